The number of nitrogens with one attached hydrogen (secondary N) is 2. The van der Waals surface area contributed by atoms with Gasteiger partial charge in [-0.05, 0) is 55.4 Å². The van der Waals surface area contributed by atoms with E-state index < -0.39 is 23.9 Å². The Hall–Kier alpha value is -2.03. The SMILES string of the molecule is CCC(C)C(NC(=O)C(CC=O)CCSC)C(=O)CC(C(=O)NC(C(=O)CC(CC(C)C)C(C)=O)C(C)CC)C(C)C. The molecule has 0 rings (SSSR count). The minimum atomic E-state index is -0.778. The number of Topliss-reactive ketones (excluding diaryl/α,β-unsaturated/α-hetero) is 3. The number of thioether (sulfide) groups is 1. The largest absolute Gasteiger partial charge is 0.346 e. The van der Waals surface area contributed by atoms with Crippen molar-refractivity contribution in [1.82, 2.24) is 10.6 Å². The fourth-order valence-corrected chi connectivity index (χ4v) is 5.64. The highest BCUT2D eigenvalue weighted by atomic mass is 32.2. The summed E-state index contributed by atoms with van der Waals surface area (Å²) in [4.78, 5) is 77.2. The summed E-state index contributed by atoms with van der Waals surface area (Å²) in [6.45, 7) is 17.0. The molecular formula is C33H58N2O6S. The van der Waals surface area contributed by atoms with Gasteiger partial charge in [-0.3, -0.25) is 24.0 Å². The van der Waals surface area contributed by atoms with Gasteiger partial charge in [0, 0.05) is 37.0 Å². The third-order valence-corrected chi connectivity index (χ3v) is 9.12. The molecule has 0 saturated carbocycles. The van der Waals surface area contributed by atoms with Crippen molar-refractivity contribution in [3.05, 3.63) is 0 Å². The van der Waals surface area contributed by atoms with Crippen molar-refractivity contribution >= 4 is 47.2 Å². The second kappa shape index (κ2) is 20.8. The standard InChI is InChI=1S/C33H58N2O6S/c1-11-22(7)30(28(38)18-26(24(9)37)17-20(3)4)35-33(41)27(21(5)6)19-29(39)31(23(8)12-2)34-32(40)25(13-15-36)14-16-42-10/h15,20-23,25-27,30-31H,11-14,16-19H2,1-10H3,(H,34,40)(H,35,41). The quantitative estimate of drug-likeness (QED) is 0.147. The zero-order valence-electron chi connectivity index (χ0n) is 27.8. The molecule has 0 aromatic carbocycles. The molecule has 2 amide bonds. The Morgan fingerprint density at radius 3 is 1.67 bits per heavy atom. The van der Waals surface area contributed by atoms with E-state index in [1.54, 1.807) is 11.8 Å². The minimum absolute atomic E-state index is 0.0288. The normalized spacial score (nSPS) is 16.6. The molecule has 2 N–H and O–H groups in total. The highest BCUT2D eigenvalue weighted by Gasteiger charge is 2.36. The number of amides is 2. The molecule has 0 bridgehead atoms. The van der Waals surface area contributed by atoms with Crippen LogP contribution in [-0.2, 0) is 28.8 Å². The van der Waals surface area contributed by atoms with E-state index >= 15 is 0 Å². The highest BCUT2D eigenvalue weighted by Crippen LogP contribution is 2.24. The number of hydrogen-bond donors (Lipinski definition) is 2. The van der Waals surface area contributed by atoms with Crippen LogP contribution in [-0.4, -0.2) is 59.5 Å². The minimum Gasteiger partial charge on any atom is -0.346 e. The van der Waals surface area contributed by atoms with Gasteiger partial charge >= 0.3 is 0 Å². The van der Waals surface area contributed by atoms with Gasteiger partial charge in [0.25, 0.3) is 0 Å². The molecule has 7 atom stereocenters. The highest BCUT2D eigenvalue weighted by molar-refractivity contribution is 7.98. The molecule has 0 heterocycles. The van der Waals surface area contributed by atoms with Crippen LogP contribution in [0.1, 0.15) is 107 Å². The third kappa shape index (κ3) is 14.0. The lowest BCUT2D eigenvalue weighted by Gasteiger charge is -2.30. The van der Waals surface area contributed by atoms with Crippen molar-refractivity contribution < 1.29 is 28.8 Å². The Morgan fingerprint density at radius 2 is 1.26 bits per heavy atom. The van der Waals surface area contributed by atoms with Crippen LogP contribution in [0.3, 0.4) is 0 Å². The maximum atomic E-state index is 13.7. The number of rotatable bonds is 23. The molecule has 0 spiro atoms. The van der Waals surface area contributed by atoms with Crippen molar-refractivity contribution in [2.24, 2.45) is 41.4 Å². The van der Waals surface area contributed by atoms with Gasteiger partial charge in [0.15, 0.2) is 11.6 Å². The van der Waals surface area contributed by atoms with Gasteiger partial charge in [0.2, 0.25) is 11.8 Å². The fourth-order valence-electron chi connectivity index (χ4n) is 5.12. The van der Waals surface area contributed by atoms with E-state index in [1.807, 2.05) is 61.6 Å². The van der Waals surface area contributed by atoms with Gasteiger partial charge in [0.1, 0.15) is 12.1 Å². The van der Waals surface area contributed by atoms with Crippen molar-refractivity contribution in [3.63, 3.8) is 0 Å². The maximum absolute atomic E-state index is 13.7. The summed E-state index contributed by atoms with van der Waals surface area (Å²) >= 11 is 1.59. The number of ketones is 3. The van der Waals surface area contributed by atoms with Crippen LogP contribution in [0.5, 0.6) is 0 Å². The molecule has 0 aromatic rings. The first-order chi connectivity index (χ1) is 19.6. The Kier molecular flexibility index (Phi) is 19.8. The Labute approximate surface area is 259 Å². The zero-order valence-corrected chi connectivity index (χ0v) is 28.6. The first-order valence-electron chi connectivity index (χ1n) is 15.7. The fraction of sp³-hybridized carbons (Fsp3) is 0.818. The first kappa shape index (κ1) is 40.0. The summed E-state index contributed by atoms with van der Waals surface area (Å²) < 4.78 is 0. The lowest BCUT2D eigenvalue weighted by atomic mass is 9.82. The van der Waals surface area contributed by atoms with Gasteiger partial charge in [-0.1, -0.05) is 68.2 Å². The predicted molar refractivity (Wildman–Crippen MR) is 171 cm³/mol. The molecule has 0 radical (unpaired) electrons. The lowest BCUT2D eigenvalue weighted by molar-refractivity contribution is -0.137. The molecule has 7 unspecified atom stereocenters. The Morgan fingerprint density at radius 1 is 0.762 bits per heavy atom. The van der Waals surface area contributed by atoms with Gasteiger partial charge in [0.05, 0.1) is 12.1 Å². The molecule has 242 valence electrons. The Bertz CT molecular complexity index is 890. The number of hydrogen-bond acceptors (Lipinski definition) is 7. The zero-order chi connectivity index (χ0) is 32.6. The van der Waals surface area contributed by atoms with Gasteiger partial charge < -0.3 is 15.4 Å². The van der Waals surface area contributed by atoms with Crippen LogP contribution >= 0.6 is 11.8 Å². The van der Waals surface area contributed by atoms with Gasteiger partial charge in [-0.15, -0.1) is 0 Å². The summed E-state index contributed by atoms with van der Waals surface area (Å²) in [6, 6.07) is -1.53. The summed E-state index contributed by atoms with van der Waals surface area (Å²) in [7, 11) is 0. The van der Waals surface area contributed by atoms with Crippen molar-refractivity contribution in [1.29, 1.82) is 0 Å². The van der Waals surface area contributed by atoms with Gasteiger partial charge in [-0.2, -0.15) is 11.8 Å². The summed E-state index contributed by atoms with van der Waals surface area (Å²) in [5.74, 6) is -2.19. The van der Waals surface area contributed by atoms with Crippen molar-refractivity contribution in [2.75, 3.05) is 12.0 Å². The molecule has 8 nitrogen and oxygen atoms in total. The molecule has 0 fully saturated rings. The molecule has 0 aliphatic heterocycles. The van der Waals surface area contributed by atoms with E-state index in [0.29, 0.717) is 25.7 Å². The molecule has 0 aliphatic carbocycles. The van der Waals surface area contributed by atoms with Crippen LogP contribution < -0.4 is 10.6 Å². The average molecular weight is 611 g/mol. The number of carbonyl (C=O) groups is 6. The molecule has 0 saturated heterocycles. The number of aldehydes is 1. The van der Waals surface area contributed by atoms with E-state index in [1.165, 1.54) is 6.92 Å². The predicted octanol–water partition coefficient (Wildman–Crippen LogP) is 5.45. The lowest BCUT2D eigenvalue weighted by Crippen LogP contribution is -2.51. The second-order valence-corrected chi connectivity index (χ2v) is 13.7. The van der Waals surface area contributed by atoms with Crippen LogP contribution in [0, 0.1) is 41.4 Å². The van der Waals surface area contributed by atoms with Crippen LogP contribution in [0.4, 0.5) is 0 Å². The van der Waals surface area contributed by atoms with Crippen LogP contribution in [0.25, 0.3) is 0 Å². The monoisotopic (exact) mass is 610 g/mol. The van der Waals surface area contributed by atoms with Crippen molar-refractivity contribution in [2.45, 2.75) is 119 Å². The topological polar surface area (TPSA) is 126 Å². The van der Waals surface area contributed by atoms with E-state index in [2.05, 4.69) is 10.6 Å². The molecule has 9 heteroatoms. The van der Waals surface area contributed by atoms with Gasteiger partial charge in [-0.25, -0.2) is 0 Å². The summed E-state index contributed by atoms with van der Waals surface area (Å²) in [5.41, 5.74) is 0. The second-order valence-electron chi connectivity index (χ2n) is 12.8. The molecule has 0 aromatic heterocycles. The number of carbonyl (C=O) groups excluding carboxylic acids is 6. The molecular weight excluding hydrogens is 552 g/mol. The Balaban J connectivity index is 5.91. The molecule has 0 aliphatic rings. The van der Waals surface area contributed by atoms with E-state index in [4.69, 9.17) is 0 Å². The van der Waals surface area contributed by atoms with E-state index in [0.717, 1.165) is 12.0 Å². The first-order valence-corrected chi connectivity index (χ1v) is 17.1. The third-order valence-electron chi connectivity index (χ3n) is 8.48. The summed E-state index contributed by atoms with van der Waals surface area (Å²) in [6.07, 6.45) is 5.23. The van der Waals surface area contributed by atoms with Crippen LogP contribution in [0.15, 0.2) is 0 Å². The van der Waals surface area contributed by atoms with Crippen LogP contribution in [0.2, 0.25) is 0 Å². The molecule has 42 heavy (non-hydrogen) atoms. The average Bonchev–Trinajstić information content (AvgIpc) is 2.93. The smallest absolute Gasteiger partial charge is 0.224 e. The summed E-state index contributed by atoms with van der Waals surface area (Å²) in [5, 5.41) is 5.86. The van der Waals surface area contributed by atoms with Crippen molar-refractivity contribution in [3.8, 4) is 0 Å². The van der Waals surface area contributed by atoms with E-state index in [-0.39, 0.29) is 78.0 Å². The van der Waals surface area contributed by atoms with E-state index in [9.17, 15) is 28.8 Å². The maximum Gasteiger partial charge on any atom is 0.224 e.